The molecule has 0 saturated carbocycles. The van der Waals surface area contributed by atoms with Gasteiger partial charge in [0.25, 0.3) is 5.91 Å². The summed E-state index contributed by atoms with van der Waals surface area (Å²) in [6.07, 6.45) is 0.521. The highest BCUT2D eigenvalue weighted by atomic mass is 32.2. The molecule has 1 amide bonds. The van der Waals surface area contributed by atoms with Crippen molar-refractivity contribution in [3.63, 3.8) is 0 Å². The van der Waals surface area contributed by atoms with Crippen molar-refractivity contribution in [3.05, 3.63) is 29.3 Å². The molecule has 0 aliphatic rings. The highest BCUT2D eigenvalue weighted by Crippen LogP contribution is 2.30. The lowest BCUT2D eigenvalue weighted by Gasteiger charge is -2.15. The van der Waals surface area contributed by atoms with E-state index in [4.69, 9.17) is 5.11 Å². The SMILES string of the molecule is CCC(C)NC(=O)c1cccc(OS(=O)(=O)C(F)(F)F)c1C(=O)O. The van der Waals surface area contributed by atoms with E-state index in [1.165, 1.54) is 0 Å². The van der Waals surface area contributed by atoms with Crippen molar-refractivity contribution in [3.8, 4) is 5.75 Å². The third-order valence-electron chi connectivity index (χ3n) is 2.96. The third kappa shape index (κ3) is 4.37. The predicted molar refractivity (Wildman–Crippen MR) is 76.2 cm³/mol. The molecule has 0 spiro atoms. The van der Waals surface area contributed by atoms with Gasteiger partial charge in [0.15, 0.2) is 5.75 Å². The van der Waals surface area contributed by atoms with Crippen LogP contribution in [-0.4, -0.2) is 37.0 Å². The average molecular weight is 369 g/mol. The number of carbonyl (C=O) groups is 2. The molecule has 1 atom stereocenters. The summed E-state index contributed by atoms with van der Waals surface area (Å²) in [7, 11) is -6.07. The minimum Gasteiger partial charge on any atom is -0.478 e. The molecule has 134 valence electrons. The number of aromatic carboxylic acids is 1. The van der Waals surface area contributed by atoms with Crippen LogP contribution in [0.3, 0.4) is 0 Å². The molecule has 0 saturated heterocycles. The number of amides is 1. The molecule has 0 heterocycles. The Morgan fingerprint density at radius 2 is 1.92 bits per heavy atom. The molecule has 0 radical (unpaired) electrons. The van der Waals surface area contributed by atoms with Gasteiger partial charge in [-0.05, 0) is 25.5 Å². The second-order valence-electron chi connectivity index (χ2n) is 4.75. The molecular formula is C13H14F3NO6S. The molecule has 2 N–H and O–H groups in total. The van der Waals surface area contributed by atoms with Crippen LogP contribution in [-0.2, 0) is 10.1 Å². The van der Waals surface area contributed by atoms with Gasteiger partial charge in [-0.2, -0.15) is 21.6 Å². The standard InChI is InChI=1S/C13H14F3NO6S/c1-3-7(2)17-11(18)8-5-4-6-9(10(8)12(19)20)23-24(21,22)13(14,15)16/h4-7H,3H2,1-2H3,(H,17,18)(H,19,20). The largest absolute Gasteiger partial charge is 0.534 e. The summed E-state index contributed by atoms with van der Waals surface area (Å²) in [6.45, 7) is 3.38. The van der Waals surface area contributed by atoms with E-state index in [9.17, 15) is 31.2 Å². The highest BCUT2D eigenvalue weighted by Gasteiger charge is 2.49. The van der Waals surface area contributed by atoms with Crippen molar-refractivity contribution >= 4 is 22.0 Å². The molecule has 1 aromatic rings. The summed E-state index contributed by atoms with van der Waals surface area (Å²) >= 11 is 0. The number of hydrogen-bond donors (Lipinski definition) is 2. The van der Waals surface area contributed by atoms with Gasteiger partial charge in [0.2, 0.25) is 0 Å². The van der Waals surface area contributed by atoms with E-state index in [1.54, 1.807) is 13.8 Å². The third-order valence-corrected chi connectivity index (χ3v) is 3.92. The molecule has 11 heteroatoms. The molecule has 0 aromatic heterocycles. The van der Waals surface area contributed by atoms with Crippen LogP contribution < -0.4 is 9.50 Å². The first-order chi connectivity index (χ1) is 10.9. The number of carboxylic acids is 1. The lowest BCUT2D eigenvalue weighted by molar-refractivity contribution is -0.0500. The minimum absolute atomic E-state index is 0.331. The lowest BCUT2D eigenvalue weighted by Crippen LogP contribution is -2.33. The first kappa shape index (κ1) is 19.7. The van der Waals surface area contributed by atoms with E-state index in [0.717, 1.165) is 12.1 Å². The topological polar surface area (TPSA) is 110 Å². The highest BCUT2D eigenvalue weighted by molar-refractivity contribution is 7.88. The zero-order chi connectivity index (χ0) is 18.7. The molecule has 0 aliphatic heterocycles. The molecule has 0 aliphatic carbocycles. The summed E-state index contributed by atoms with van der Waals surface area (Å²) < 4.78 is 63.2. The van der Waals surface area contributed by atoms with Crippen molar-refractivity contribution < 1.29 is 40.5 Å². The van der Waals surface area contributed by atoms with Gasteiger partial charge in [-0.15, -0.1) is 0 Å². The van der Waals surface area contributed by atoms with Crippen molar-refractivity contribution in [1.29, 1.82) is 0 Å². The maximum atomic E-state index is 12.4. The number of nitrogens with one attached hydrogen (secondary N) is 1. The Bertz CT molecular complexity index is 745. The van der Waals surface area contributed by atoms with E-state index in [0.29, 0.717) is 12.5 Å². The number of alkyl halides is 3. The fourth-order valence-corrected chi connectivity index (χ4v) is 2.05. The summed E-state index contributed by atoms with van der Waals surface area (Å²) in [5.41, 5.74) is -7.23. The first-order valence-electron chi connectivity index (χ1n) is 6.58. The van der Waals surface area contributed by atoms with Crippen molar-refractivity contribution in [2.45, 2.75) is 31.8 Å². The quantitative estimate of drug-likeness (QED) is 0.587. The Hall–Kier alpha value is -2.30. The van der Waals surface area contributed by atoms with E-state index in [1.807, 2.05) is 0 Å². The van der Waals surface area contributed by atoms with E-state index in [2.05, 4.69) is 9.50 Å². The van der Waals surface area contributed by atoms with Gasteiger partial charge in [-0.1, -0.05) is 13.0 Å². The van der Waals surface area contributed by atoms with E-state index in [-0.39, 0.29) is 6.04 Å². The Kier molecular flexibility index (Phi) is 5.82. The van der Waals surface area contributed by atoms with Crippen LogP contribution in [0.25, 0.3) is 0 Å². The molecule has 1 aromatic carbocycles. The summed E-state index contributed by atoms with van der Waals surface area (Å²) in [6, 6.07) is 2.43. The van der Waals surface area contributed by atoms with Gasteiger partial charge in [0, 0.05) is 6.04 Å². The molecule has 0 fully saturated rings. The summed E-state index contributed by atoms with van der Waals surface area (Å²) in [5.74, 6) is -3.79. The maximum Gasteiger partial charge on any atom is 0.534 e. The second-order valence-corrected chi connectivity index (χ2v) is 6.29. The molecule has 1 rings (SSSR count). The van der Waals surface area contributed by atoms with Crippen LogP contribution in [0.5, 0.6) is 5.75 Å². The minimum atomic E-state index is -6.07. The van der Waals surface area contributed by atoms with Crippen LogP contribution in [0.1, 0.15) is 41.0 Å². The Morgan fingerprint density at radius 3 is 2.38 bits per heavy atom. The number of benzene rings is 1. The Balaban J connectivity index is 3.37. The van der Waals surface area contributed by atoms with Gasteiger partial charge in [0.05, 0.1) is 5.56 Å². The normalized spacial score (nSPS) is 13.2. The number of rotatable bonds is 6. The monoisotopic (exact) mass is 369 g/mol. The fourth-order valence-electron chi connectivity index (χ4n) is 1.58. The van der Waals surface area contributed by atoms with Crippen molar-refractivity contribution in [2.75, 3.05) is 0 Å². The molecular weight excluding hydrogens is 355 g/mol. The van der Waals surface area contributed by atoms with Crippen molar-refractivity contribution in [2.24, 2.45) is 0 Å². The van der Waals surface area contributed by atoms with Gasteiger partial charge < -0.3 is 14.6 Å². The zero-order valence-electron chi connectivity index (χ0n) is 12.5. The Labute approximate surface area is 135 Å². The number of carboxylic acid groups (broad SMARTS) is 1. The Morgan fingerprint density at radius 1 is 1.33 bits per heavy atom. The smallest absolute Gasteiger partial charge is 0.478 e. The van der Waals surface area contributed by atoms with Crippen molar-refractivity contribution in [1.82, 2.24) is 5.32 Å². The first-order valence-corrected chi connectivity index (χ1v) is 7.99. The maximum absolute atomic E-state index is 12.4. The number of halogens is 3. The van der Waals surface area contributed by atoms with E-state index < -0.39 is 44.4 Å². The summed E-state index contributed by atoms with van der Waals surface area (Å²) in [5, 5.41) is 11.6. The van der Waals surface area contributed by atoms with Crippen LogP contribution in [0.2, 0.25) is 0 Å². The van der Waals surface area contributed by atoms with Gasteiger partial charge in [-0.3, -0.25) is 4.79 Å². The number of hydrogen-bond acceptors (Lipinski definition) is 5. The lowest BCUT2D eigenvalue weighted by atomic mass is 10.1. The van der Waals surface area contributed by atoms with Crippen LogP contribution in [0.15, 0.2) is 18.2 Å². The molecule has 1 unspecified atom stereocenters. The van der Waals surface area contributed by atoms with Crippen LogP contribution in [0, 0.1) is 0 Å². The number of carbonyl (C=O) groups excluding carboxylic acids is 1. The second kappa shape index (κ2) is 7.07. The molecule has 7 nitrogen and oxygen atoms in total. The average Bonchev–Trinajstić information content (AvgIpc) is 2.44. The molecule has 0 bridgehead atoms. The molecule has 24 heavy (non-hydrogen) atoms. The van der Waals surface area contributed by atoms with Gasteiger partial charge in [-0.25, -0.2) is 4.79 Å². The predicted octanol–water partition coefficient (Wildman–Crippen LogP) is 2.14. The summed E-state index contributed by atoms with van der Waals surface area (Å²) in [4.78, 5) is 23.4. The van der Waals surface area contributed by atoms with Gasteiger partial charge in [0.1, 0.15) is 5.56 Å². The van der Waals surface area contributed by atoms with Gasteiger partial charge >= 0.3 is 21.6 Å². The fraction of sp³-hybridized carbons (Fsp3) is 0.385. The van der Waals surface area contributed by atoms with E-state index >= 15 is 0 Å². The zero-order valence-corrected chi connectivity index (χ0v) is 13.4. The van der Waals surface area contributed by atoms with Crippen LogP contribution in [0.4, 0.5) is 13.2 Å². The van der Waals surface area contributed by atoms with Crippen LogP contribution >= 0.6 is 0 Å².